The van der Waals surface area contributed by atoms with Gasteiger partial charge < -0.3 is 66.3 Å². The number of nitrogens with one attached hydrogen (secondary N) is 5. The SMILES string of the molecule is CC1(C)C(/C=C/C2=C(Oc3ccc(C[C@H](NC(=O)[C@H](CCC(=O)O)CC(=O)[C@H](CCC(=O)O)NC(=O)[C@@H](CC(=O)[C@H](Cc4ccccc4)NC(=O)CCCCCCCCC(=O)CC[C@H](NC(=O)NCCCC(=O)O)C(=O)O)Cc4ccccc4)C(=O)O)cc3)C(=C/C=C3/N(CCCCS(=O)(=O)O)c4ccccc4C3(C)C)/CCC2)=[N+](CCCCS(=O)(=O)[O-])c2ccccc21.O=C=O.O=S(=O)=O.O=S(=O)=O. The maximum Gasteiger partial charge on any atom is 0.425 e. The van der Waals surface area contributed by atoms with Crippen molar-refractivity contribution in [1.29, 1.82) is 0 Å². The molecule has 0 radical (unpaired) electrons. The standard InChI is InChI=1S/C96H121N7O24S2.CO2.2O3S/c1-95(2)73-34-17-19-36-79(73)102(55-21-23-57-128(121,122)123)83(95)50-42-67-31-25-32-68(43-51-84-96(3,4)74-35-18-20-37-80(74)103(84)56-22-24-58-129(124,125)126)89(67)127-72-46-40-66(41-47-72)61-78(93(118)119)100-90(114)69(44-52-87(110)111)62-81(105)75(49-53-88(112)113)99-91(115)70(59-64-27-11-9-12-28-64)63-82(106)77(60-65-29-13-10-14-30-65)98-85(107)38-16-8-6-5-7-15-33-71(104)45-48-76(92(116)117)101-94(120)97-54-26-39-86(108)109;2-1-3;2*1-4(2)3/h9-14,17-20,27-30,34-37,40-43,46-47,50-51,69-70,75-78H,5-8,15-16,21-26,31-33,38-39,44-45,48-49,52-63H2,1-4H3,(H11-,97,98,99,100,101,107,108,109,110,111,112,113,114,115,116,117,118,119,120,121,122,123,124,125,126);;;/t69-,70-,75+,76+,77+,78+;;;/m1.../s1. The van der Waals surface area contributed by atoms with E-state index in [4.69, 9.17) is 44.7 Å². The highest BCUT2D eigenvalue weighted by molar-refractivity contribution is 7.86. The number of carboxylic acids is 5. The molecule has 2 aliphatic heterocycles. The number of benzene rings is 5. The van der Waals surface area contributed by atoms with Crippen molar-refractivity contribution in [3.63, 3.8) is 0 Å². The smallest absolute Gasteiger partial charge is 0.425 e. The number of aliphatic carboxylic acids is 5. The molecule has 1 aliphatic carbocycles. The Morgan fingerprint density at radius 2 is 1.01 bits per heavy atom. The van der Waals surface area contributed by atoms with Crippen LogP contribution in [0.3, 0.4) is 0 Å². The van der Waals surface area contributed by atoms with Crippen molar-refractivity contribution < 1.29 is 153 Å². The van der Waals surface area contributed by atoms with Crippen LogP contribution in [0.15, 0.2) is 180 Å². The lowest BCUT2D eigenvalue weighted by Crippen LogP contribution is -2.49. The Balaban J connectivity index is 0.00000298. The summed E-state index contributed by atoms with van der Waals surface area (Å²) >= 11 is 0. The highest BCUT2D eigenvalue weighted by atomic mass is 32.2. The Morgan fingerprint density at radius 3 is 1.61 bits per heavy atom. The van der Waals surface area contributed by atoms with Crippen molar-refractivity contribution in [3.8, 4) is 5.75 Å². The van der Waals surface area contributed by atoms with Crippen molar-refractivity contribution >= 4 is 136 Å². The van der Waals surface area contributed by atoms with E-state index in [-0.39, 0.29) is 89.1 Å². The quantitative estimate of drug-likeness (QED) is 0.00979. The van der Waals surface area contributed by atoms with Gasteiger partial charge in [0.2, 0.25) is 23.4 Å². The number of carbonyl (C=O) groups is 12. The number of Topliss-reactive ketones (excluding diaryl/α,β-unsaturated/α-hetero) is 3. The second kappa shape index (κ2) is 59.3. The van der Waals surface area contributed by atoms with Crippen LogP contribution in [-0.2, 0) is 134 Å². The average molecular weight is 2030 g/mol. The van der Waals surface area contributed by atoms with Gasteiger partial charge >= 0.3 is 63.2 Å². The van der Waals surface area contributed by atoms with E-state index in [1.165, 1.54) is 0 Å². The molecule has 0 unspecified atom stereocenters. The van der Waals surface area contributed by atoms with Gasteiger partial charge in [-0.3, -0.25) is 47.7 Å². The van der Waals surface area contributed by atoms with E-state index in [0.717, 1.165) is 51.5 Å². The van der Waals surface area contributed by atoms with Gasteiger partial charge in [0.25, 0.3) is 10.1 Å². The van der Waals surface area contributed by atoms with Crippen LogP contribution in [0.2, 0.25) is 0 Å². The van der Waals surface area contributed by atoms with Crippen LogP contribution < -0.4 is 36.2 Å². The maximum absolute atomic E-state index is 14.9. The van der Waals surface area contributed by atoms with Crippen molar-refractivity contribution in [2.75, 3.05) is 36.0 Å². The number of carboxylic acid groups (broad SMARTS) is 5. The molecule has 6 atom stereocenters. The third kappa shape index (κ3) is 42.6. The van der Waals surface area contributed by atoms with Gasteiger partial charge in [0.15, 0.2) is 17.3 Å². The number of hydrogen-bond donors (Lipinski definition) is 11. The molecule has 39 nitrogen and oxygen atoms in total. The molecule has 5 aromatic rings. The van der Waals surface area contributed by atoms with Crippen LogP contribution in [0.25, 0.3) is 0 Å². The number of ether oxygens (including phenoxy) is 1. The summed E-state index contributed by atoms with van der Waals surface area (Å²) in [6, 6.07) is 33.3. The lowest BCUT2D eigenvalue weighted by atomic mass is 9.81. The molecule has 43 heteroatoms. The Hall–Kier alpha value is -13.2. The monoisotopic (exact) mass is 2020 g/mol. The molecule has 5 amide bonds. The number of hydrogen-bond acceptors (Lipinski definition) is 27. The molecule has 11 N–H and O–H groups in total. The lowest BCUT2D eigenvalue weighted by Gasteiger charge is -2.27. The van der Waals surface area contributed by atoms with E-state index in [9.17, 15) is 104 Å². The minimum absolute atomic E-state index is 0.0212. The van der Waals surface area contributed by atoms with Crippen molar-refractivity contribution in [1.82, 2.24) is 26.6 Å². The number of carbonyl (C=O) groups excluding carboxylic acids is 9. The summed E-state index contributed by atoms with van der Waals surface area (Å²) in [6.07, 6.45) is 11.1. The number of urea groups is 1. The first kappa shape index (κ1) is 117. The summed E-state index contributed by atoms with van der Waals surface area (Å²) in [6.45, 7) is 9.30. The number of fused-ring (bicyclic) bond motifs is 2. The van der Waals surface area contributed by atoms with Crippen LogP contribution in [0.5, 0.6) is 5.75 Å². The number of nitrogens with zero attached hydrogens (tertiary/aromatic N) is 2. The largest absolute Gasteiger partial charge is 0.748 e. The highest BCUT2D eigenvalue weighted by Crippen LogP contribution is 2.48. The maximum atomic E-state index is 14.9. The van der Waals surface area contributed by atoms with Crippen LogP contribution in [0.1, 0.15) is 216 Å². The number of allylic oxidation sites excluding steroid dienone is 7. The molecular formula is C97H121N7O32S4. The van der Waals surface area contributed by atoms with Crippen LogP contribution in [0, 0.1) is 11.8 Å². The van der Waals surface area contributed by atoms with Gasteiger partial charge in [0.05, 0.1) is 33.4 Å². The summed E-state index contributed by atoms with van der Waals surface area (Å²) in [5.74, 6) is -13.3. The van der Waals surface area contributed by atoms with Gasteiger partial charge in [-0.05, 0) is 167 Å². The average Bonchev–Trinajstić information content (AvgIpc) is 1.60. The fourth-order valence-electron chi connectivity index (χ4n) is 16.6. The molecule has 5 aromatic carbocycles. The molecule has 3 aliphatic rings. The van der Waals surface area contributed by atoms with Gasteiger partial charge in [0.1, 0.15) is 35.9 Å². The van der Waals surface area contributed by atoms with E-state index in [0.29, 0.717) is 105 Å². The second-order valence-electron chi connectivity index (χ2n) is 34.7. The van der Waals surface area contributed by atoms with Crippen molar-refractivity contribution in [2.45, 2.75) is 242 Å². The van der Waals surface area contributed by atoms with Crippen LogP contribution in [0.4, 0.5) is 16.2 Å². The summed E-state index contributed by atoms with van der Waals surface area (Å²) < 4.78 is 128. The third-order valence-corrected chi connectivity index (χ3v) is 25.1. The topological polar surface area (TPSA) is 630 Å². The van der Waals surface area contributed by atoms with Gasteiger partial charge in [-0.25, -0.2) is 22.8 Å². The van der Waals surface area contributed by atoms with E-state index in [1.807, 2.05) is 66.8 Å². The highest BCUT2D eigenvalue weighted by Gasteiger charge is 2.45. The first-order valence-electron chi connectivity index (χ1n) is 45.5. The lowest BCUT2D eigenvalue weighted by molar-refractivity contribution is -0.438. The summed E-state index contributed by atoms with van der Waals surface area (Å²) in [4.78, 5) is 176. The molecule has 0 saturated carbocycles. The molecule has 0 saturated heterocycles. The number of unbranched alkanes of at least 4 members (excludes halogenated alkanes) is 7. The molecule has 8 rings (SSSR count). The molecule has 0 fully saturated rings. The minimum atomic E-state index is -4.44. The number of para-hydroxylation sites is 2. The van der Waals surface area contributed by atoms with Gasteiger partial charge in [-0.2, -0.15) is 22.6 Å². The Morgan fingerprint density at radius 1 is 0.507 bits per heavy atom. The minimum Gasteiger partial charge on any atom is -0.748 e. The first-order chi connectivity index (χ1) is 66.1. The zero-order valence-electron chi connectivity index (χ0n) is 78.1. The first-order valence-corrected chi connectivity index (χ1v) is 50.7. The molecule has 2 heterocycles. The Labute approximate surface area is 814 Å². The van der Waals surface area contributed by atoms with Crippen molar-refractivity contribution in [3.05, 3.63) is 208 Å². The molecule has 0 spiro atoms. The van der Waals surface area contributed by atoms with E-state index >= 15 is 0 Å². The normalized spacial score (nSPS) is 15.2. The van der Waals surface area contributed by atoms with E-state index in [2.05, 4.69) is 69.8 Å². The van der Waals surface area contributed by atoms with Crippen LogP contribution in [-0.4, -0.2) is 219 Å². The van der Waals surface area contributed by atoms with Crippen molar-refractivity contribution in [2.24, 2.45) is 11.8 Å². The molecule has 0 bridgehead atoms. The summed E-state index contributed by atoms with van der Waals surface area (Å²) in [5, 5.41) is 61.8. The predicted molar refractivity (Wildman–Crippen MR) is 507 cm³/mol. The zero-order chi connectivity index (χ0) is 104. The molecule has 140 heavy (non-hydrogen) atoms. The number of ketones is 3. The van der Waals surface area contributed by atoms with E-state index < -0.39 is 203 Å². The predicted octanol–water partition coefficient (Wildman–Crippen LogP) is 9.68. The summed E-state index contributed by atoms with van der Waals surface area (Å²) in [7, 11) is -14.9. The molecule has 760 valence electrons. The zero-order valence-corrected chi connectivity index (χ0v) is 81.4. The number of amides is 5. The fraction of sp³-hybridized carbons (Fsp3) is 0.464. The number of anilines is 1. The molecule has 0 aromatic heterocycles. The van der Waals surface area contributed by atoms with Gasteiger partial charge in [0, 0.05) is 129 Å². The van der Waals surface area contributed by atoms with E-state index in [1.54, 1.807) is 84.9 Å². The third-order valence-electron chi connectivity index (χ3n) is 23.5. The Kier molecular flexibility index (Phi) is 49.7. The van der Waals surface area contributed by atoms with Crippen LogP contribution >= 0.6 is 0 Å². The fourth-order valence-corrected chi connectivity index (χ4v) is 17.7. The Bertz CT molecular complexity index is 5800. The number of rotatable bonds is 57. The van der Waals surface area contributed by atoms with Gasteiger partial charge in [-0.1, -0.05) is 155 Å². The molecular weight excluding hydrogens is 1900 g/mol. The second-order valence-corrected chi connectivity index (χ2v) is 38.6. The summed E-state index contributed by atoms with van der Waals surface area (Å²) in [5.41, 5.74) is 8.10. The van der Waals surface area contributed by atoms with Gasteiger partial charge in [-0.15, -0.1) is 25.3 Å².